The lowest BCUT2D eigenvalue weighted by Gasteiger charge is -2.33. The fourth-order valence-electron chi connectivity index (χ4n) is 3.92. The average molecular weight is 485 g/mol. The molecule has 0 aliphatic carbocycles. The quantitative estimate of drug-likeness (QED) is 0.404. The number of nitrogens with one attached hydrogen (secondary N) is 1. The first-order valence-corrected chi connectivity index (χ1v) is 10.1. The fourth-order valence-corrected chi connectivity index (χ4v) is 3.92. The summed E-state index contributed by atoms with van der Waals surface area (Å²) >= 11 is 0. The molecule has 0 saturated carbocycles. The van der Waals surface area contributed by atoms with E-state index in [4.69, 9.17) is 0 Å². The number of likely N-dealkylation sites (N-methyl/N-ethyl adjacent to an activating group) is 1. The lowest BCUT2D eigenvalue weighted by Crippen LogP contribution is -2.45. The van der Waals surface area contributed by atoms with E-state index in [1.165, 1.54) is 50.1 Å². The summed E-state index contributed by atoms with van der Waals surface area (Å²) < 4.78 is 0. The molecule has 5 nitrogen and oxygen atoms in total. The monoisotopic (exact) mass is 485 g/mol. The molecule has 3 rings (SSSR count). The maximum absolute atomic E-state index is 4.48. The number of hydrogen-bond acceptors (Lipinski definition) is 3. The van der Waals surface area contributed by atoms with Crippen molar-refractivity contribution in [3.8, 4) is 0 Å². The Bertz CT molecular complexity index is 581. The van der Waals surface area contributed by atoms with Crippen LogP contribution in [-0.4, -0.2) is 74.0 Å². The summed E-state index contributed by atoms with van der Waals surface area (Å²) in [6.45, 7) is 11.2. The summed E-state index contributed by atoms with van der Waals surface area (Å²) in [5.74, 6) is 1.80. The molecule has 1 aromatic rings. The molecule has 0 aromatic heterocycles. The molecule has 6 heteroatoms. The Kier molecular flexibility index (Phi) is 9.32. The second-order valence-electron chi connectivity index (χ2n) is 7.99. The van der Waals surface area contributed by atoms with Crippen molar-refractivity contribution in [2.75, 3.05) is 53.4 Å². The SMILES string of the molecule is CN=C(NCc1ccc(CN2CCN(C)CC2)cc1)N1CCCC(C)C1.I. The molecule has 27 heavy (non-hydrogen) atoms. The van der Waals surface area contributed by atoms with Gasteiger partial charge >= 0.3 is 0 Å². The van der Waals surface area contributed by atoms with Gasteiger partial charge in [-0.15, -0.1) is 24.0 Å². The van der Waals surface area contributed by atoms with Crippen molar-refractivity contribution in [1.82, 2.24) is 20.0 Å². The lowest BCUT2D eigenvalue weighted by atomic mass is 10.0. The highest BCUT2D eigenvalue weighted by atomic mass is 127. The molecule has 1 unspecified atom stereocenters. The molecule has 2 saturated heterocycles. The number of aliphatic imine (C=N–C) groups is 1. The topological polar surface area (TPSA) is 34.1 Å². The molecule has 152 valence electrons. The van der Waals surface area contributed by atoms with Crippen LogP contribution in [0.1, 0.15) is 30.9 Å². The summed E-state index contributed by atoms with van der Waals surface area (Å²) in [6, 6.07) is 9.07. The van der Waals surface area contributed by atoms with Gasteiger partial charge in [0.15, 0.2) is 5.96 Å². The third kappa shape index (κ3) is 6.91. The number of piperazine rings is 1. The molecular formula is C21H36IN5. The van der Waals surface area contributed by atoms with Crippen LogP contribution < -0.4 is 5.32 Å². The molecular weight excluding hydrogens is 449 g/mol. The fraction of sp³-hybridized carbons (Fsp3) is 0.667. The highest BCUT2D eigenvalue weighted by Crippen LogP contribution is 2.15. The molecule has 2 aliphatic rings. The molecule has 0 spiro atoms. The summed E-state index contributed by atoms with van der Waals surface area (Å²) in [5.41, 5.74) is 2.73. The van der Waals surface area contributed by atoms with Crippen molar-refractivity contribution in [2.45, 2.75) is 32.9 Å². The van der Waals surface area contributed by atoms with Crippen molar-refractivity contribution in [2.24, 2.45) is 10.9 Å². The van der Waals surface area contributed by atoms with Gasteiger partial charge in [-0.3, -0.25) is 9.89 Å². The zero-order valence-electron chi connectivity index (χ0n) is 17.2. The van der Waals surface area contributed by atoms with E-state index in [-0.39, 0.29) is 24.0 Å². The molecule has 0 amide bonds. The van der Waals surface area contributed by atoms with E-state index in [1.807, 2.05) is 7.05 Å². The molecule has 2 heterocycles. The van der Waals surface area contributed by atoms with Gasteiger partial charge in [0.25, 0.3) is 0 Å². The number of guanidine groups is 1. The highest BCUT2D eigenvalue weighted by molar-refractivity contribution is 14.0. The lowest BCUT2D eigenvalue weighted by molar-refractivity contribution is 0.148. The minimum absolute atomic E-state index is 0. The molecule has 0 radical (unpaired) electrons. The number of hydrogen-bond donors (Lipinski definition) is 1. The summed E-state index contributed by atoms with van der Waals surface area (Å²) in [4.78, 5) is 11.8. The molecule has 2 fully saturated rings. The number of benzene rings is 1. The Morgan fingerprint density at radius 2 is 1.74 bits per heavy atom. The number of rotatable bonds is 4. The Hall–Kier alpha value is -0.860. The van der Waals surface area contributed by atoms with Crippen molar-refractivity contribution >= 4 is 29.9 Å². The predicted octanol–water partition coefficient (Wildman–Crippen LogP) is 2.86. The van der Waals surface area contributed by atoms with Crippen LogP contribution in [0.3, 0.4) is 0 Å². The van der Waals surface area contributed by atoms with Crippen molar-refractivity contribution in [1.29, 1.82) is 0 Å². The van der Waals surface area contributed by atoms with Gasteiger partial charge in [-0.05, 0) is 36.9 Å². The largest absolute Gasteiger partial charge is 0.352 e. The van der Waals surface area contributed by atoms with Gasteiger partial charge in [-0.25, -0.2) is 0 Å². The van der Waals surface area contributed by atoms with E-state index in [9.17, 15) is 0 Å². The van der Waals surface area contributed by atoms with Crippen LogP contribution in [0.2, 0.25) is 0 Å². The van der Waals surface area contributed by atoms with Gasteiger partial charge < -0.3 is 15.1 Å². The third-order valence-corrected chi connectivity index (χ3v) is 5.64. The summed E-state index contributed by atoms with van der Waals surface area (Å²) in [6.07, 6.45) is 2.60. The number of likely N-dealkylation sites (tertiary alicyclic amines) is 1. The minimum atomic E-state index is 0. The number of halogens is 1. The Balaban J connectivity index is 0.00000261. The second kappa shape index (κ2) is 11.2. The van der Waals surface area contributed by atoms with Gasteiger partial charge in [0.1, 0.15) is 0 Å². The van der Waals surface area contributed by atoms with Crippen LogP contribution in [0.5, 0.6) is 0 Å². The zero-order chi connectivity index (χ0) is 18.4. The van der Waals surface area contributed by atoms with Crippen LogP contribution in [0.4, 0.5) is 0 Å². The van der Waals surface area contributed by atoms with Gasteiger partial charge in [0, 0.05) is 59.4 Å². The van der Waals surface area contributed by atoms with Crippen molar-refractivity contribution in [3.63, 3.8) is 0 Å². The first-order chi connectivity index (χ1) is 12.6. The van der Waals surface area contributed by atoms with E-state index < -0.39 is 0 Å². The smallest absolute Gasteiger partial charge is 0.193 e. The Morgan fingerprint density at radius 3 is 2.37 bits per heavy atom. The summed E-state index contributed by atoms with van der Waals surface area (Å²) in [7, 11) is 4.10. The average Bonchev–Trinajstić information content (AvgIpc) is 2.65. The maximum Gasteiger partial charge on any atom is 0.193 e. The third-order valence-electron chi connectivity index (χ3n) is 5.64. The standard InChI is InChI=1S/C21H35N5.HI/c1-18-5-4-10-26(16-18)21(22-2)23-15-19-6-8-20(9-7-19)17-25-13-11-24(3)12-14-25;/h6-9,18H,4-5,10-17H2,1-3H3,(H,22,23);1H. The van der Waals surface area contributed by atoms with Crippen LogP contribution >= 0.6 is 24.0 Å². The first-order valence-electron chi connectivity index (χ1n) is 10.1. The van der Waals surface area contributed by atoms with Crippen LogP contribution in [0.15, 0.2) is 29.3 Å². The predicted molar refractivity (Wildman–Crippen MR) is 125 cm³/mol. The van der Waals surface area contributed by atoms with E-state index in [2.05, 4.69) is 63.2 Å². The van der Waals surface area contributed by atoms with E-state index in [0.29, 0.717) is 0 Å². The molecule has 1 aromatic carbocycles. The first kappa shape index (κ1) is 22.4. The van der Waals surface area contributed by atoms with Crippen molar-refractivity contribution in [3.05, 3.63) is 35.4 Å². The minimum Gasteiger partial charge on any atom is -0.352 e. The molecule has 0 bridgehead atoms. The molecule has 2 aliphatic heterocycles. The second-order valence-corrected chi connectivity index (χ2v) is 7.99. The Morgan fingerprint density at radius 1 is 1.07 bits per heavy atom. The van der Waals surface area contributed by atoms with Gasteiger partial charge in [-0.1, -0.05) is 31.2 Å². The number of nitrogens with zero attached hydrogens (tertiary/aromatic N) is 4. The maximum atomic E-state index is 4.48. The van der Waals surface area contributed by atoms with Crippen LogP contribution in [0, 0.1) is 5.92 Å². The number of piperidine rings is 1. The zero-order valence-corrected chi connectivity index (χ0v) is 19.5. The molecule has 1 N–H and O–H groups in total. The van der Waals surface area contributed by atoms with Crippen LogP contribution in [-0.2, 0) is 13.1 Å². The van der Waals surface area contributed by atoms with E-state index in [0.717, 1.165) is 38.1 Å². The highest BCUT2D eigenvalue weighted by Gasteiger charge is 2.19. The summed E-state index contributed by atoms with van der Waals surface area (Å²) in [5, 5.41) is 3.54. The normalized spacial score (nSPS) is 22.4. The van der Waals surface area contributed by atoms with E-state index in [1.54, 1.807) is 0 Å². The van der Waals surface area contributed by atoms with E-state index >= 15 is 0 Å². The van der Waals surface area contributed by atoms with Crippen LogP contribution in [0.25, 0.3) is 0 Å². The van der Waals surface area contributed by atoms with Gasteiger partial charge in [0.05, 0.1) is 0 Å². The van der Waals surface area contributed by atoms with Crippen molar-refractivity contribution < 1.29 is 0 Å². The van der Waals surface area contributed by atoms with Gasteiger partial charge in [0.2, 0.25) is 0 Å². The van der Waals surface area contributed by atoms with Gasteiger partial charge in [-0.2, -0.15) is 0 Å². The Labute approximate surface area is 182 Å². The molecule has 1 atom stereocenters.